The fourth-order valence-electron chi connectivity index (χ4n) is 2.98. The van der Waals surface area contributed by atoms with E-state index in [1.807, 2.05) is 36.5 Å². The molecule has 140 valence electrons. The van der Waals surface area contributed by atoms with Crippen molar-refractivity contribution >= 4 is 24.1 Å². The Morgan fingerprint density at radius 2 is 1.70 bits per heavy atom. The van der Waals surface area contributed by atoms with Crippen molar-refractivity contribution in [3.05, 3.63) is 64.9 Å². The fraction of sp³-hybridized carbons (Fsp3) is 0.286. The molecule has 0 aliphatic heterocycles. The van der Waals surface area contributed by atoms with Crippen molar-refractivity contribution in [2.24, 2.45) is 5.10 Å². The second-order valence-electron chi connectivity index (χ2n) is 6.35. The Morgan fingerprint density at radius 1 is 1.04 bits per heavy atom. The van der Waals surface area contributed by atoms with Gasteiger partial charge in [0, 0.05) is 24.3 Å². The third-order valence-corrected chi connectivity index (χ3v) is 4.51. The van der Waals surface area contributed by atoms with E-state index in [0.717, 1.165) is 37.1 Å². The molecule has 0 aliphatic rings. The minimum atomic E-state index is 0.471. The molecule has 0 radical (unpaired) electrons. The van der Waals surface area contributed by atoms with Crippen molar-refractivity contribution in [3.63, 3.8) is 0 Å². The molecule has 0 atom stereocenters. The molecule has 0 saturated carbocycles. The van der Waals surface area contributed by atoms with Gasteiger partial charge in [0.05, 0.1) is 6.21 Å². The highest BCUT2D eigenvalue weighted by Gasteiger charge is 2.07. The number of rotatable bonds is 8. The topological polar surface area (TPSA) is 49.2 Å². The lowest BCUT2D eigenvalue weighted by atomic mass is 10.2. The second kappa shape index (κ2) is 9.28. The summed E-state index contributed by atoms with van der Waals surface area (Å²) in [5.74, 6) is 0.700. The minimum Gasteiger partial charge on any atom is -0.372 e. The molecule has 0 aliphatic carbocycles. The van der Waals surface area contributed by atoms with Crippen molar-refractivity contribution in [2.45, 2.75) is 26.7 Å². The van der Waals surface area contributed by atoms with Crippen LogP contribution in [0.2, 0.25) is 0 Å². The molecule has 0 spiro atoms. The number of aromatic nitrogens is 3. The summed E-state index contributed by atoms with van der Waals surface area (Å²) in [6.45, 7) is 6.57. The lowest BCUT2D eigenvalue weighted by molar-refractivity contribution is 0.745. The number of anilines is 1. The zero-order chi connectivity index (χ0) is 19.1. The Morgan fingerprint density at radius 3 is 2.33 bits per heavy atom. The summed E-state index contributed by atoms with van der Waals surface area (Å²) >= 11 is 5.33. The Labute approximate surface area is 165 Å². The van der Waals surface area contributed by atoms with Gasteiger partial charge in [-0.1, -0.05) is 56.3 Å². The normalized spacial score (nSPS) is 11.2. The van der Waals surface area contributed by atoms with E-state index in [9.17, 15) is 0 Å². The molecule has 6 heteroatoms. The maximum absolute atomic E-state index is 5.33. The second-order valence-corrected chi connectivity index (χ2v) is 6.74. The number of nitrogens with zero attached hydrogens (tertiary/aromatic N) is 4. The zero-order valence-electron chi connectivity index (χ0n) is 15.8. The van der Waals surface area contributed by atoms with E-state index in [1.54, 1.807) is 4.68 Å². The molecule has 0 bridgehead atoms. The first-order valence-corrected chi connectivity index (χ1v) is 9.76. The van der Waals surface area contributed by atoms with Crippen LogP contribution >= 0.6 is 12.2 Å². The van der Waals surface area contributed by atoms with Crippen LogP contribution in [0.15, 0.2) is 59.7 Å². The first-order chi connectivity index (χ1) is 13.2. The highest BCUT2D eigenvalue weighted by molar-refractivity contribution is 7.71. The van der Waals surface area contributed by atoms with Crippen LogP contribution in [0.5, 0.6) is 0 Å². The zero-order valence-corrected chi connectivity index (χ0v) is 16.6. The molecule has 0 fully saturated rings. The molecular formula is C21H25N5S. The Kier molecular flexibility index (Phi) is 6.54. The summed E-state index contributed by atoms with van der Waals surface area (Å²) in [5, 5.41) is 11.7. The summed E-state index contributed by atoms with van der Waals surface area (Å²) in [6, 6.07) is 18.4. The minimum absolute atomic E-state index is 0.471. The molecule has 1 heterocycles. The Bertz CT molecular complexity index is 919. The third-order valence-electron chi connectivity index (χ3n) is 4.25. The van der Waals surface area contributed by atoms with Crippen LogP contribution in [0.1, 0.15) is 32.3 Å². The smallest absolute Gasteiger partial charge is 0.216 e. The van der Waals surface area contributed by atoms with Crippen molar-refractivity contribution in [2.75, 3.05) is 18.0 Å². The molecule has 0 saturated heterocycles. The van der Waals surface area contributed by atoms with E-state index in [-0.39, 0.29) is 0 Å². The summed E-state index contributed by atoms with van der Waals surface area (Å²) in [4.78, 5) is 2.42. The average molecular weight is 380 g/mol. The van der Waals surface area contributed by atoms with E-state index in [4.69, 9.17) is 12.2 Å². The van der Waals surface area contributed by atoms with Gasteiger partial charge in [-0.2, -0.15) is 14.9 Å². The average Bonchev–Trinajstić information content (AvgIpc) is 3.08. The van der Waals surface area contributed by atoms with Gasteiger partial charge in [-0.15, -0.1) is 0 Å². The van der Waals surface area contributed by atoms with Crippen LogP contribution in [0.4, 0.5) is 5.69 Å². The van der Waals surface area contributed by atoms with E-state index in [1.165, 1.54) is 5.69 Å². The number of nitrogens with one attached hydrogen (secondary N) is 1. The first kappa shape index (κ1) is 19.0. The van der Waals surface area contributed by atoms with E-state index >= 15 is 0 Å². The van der Waals surface area contributed by atoms with Gasteiger partial charge in [-0.3, -0.25) is 0 Å². The standard InChI is InChI=1S/C21H25N5S/c1-3-14-25(15-4-2)19-12-10-17(11-13-19)16-22-26-20(23-24-21(26)27)18-8-6-5-7-9-18/h5-13,16H,3-4,14-15H2,1-2H3,(H,24,27)/b22-16-. The fourth-order valence-corrected chi connectivity index (χ4v) is 3.16. The maximum atomic E-state index is 5.33. The number of benzene rings is 2. The van der Waals surface area contributed by atoms with Gasteiger partial charge in [0.1, 0.15) is 0 Å². The van der Waals surface area contributed by atoms with Crippen molar-refractivity contribution in [3.8, 4) is 11.4 Å². The molecule has 2 aromatic carbocycles. The van der Waals surface area contributed by atoms with Gasteiger partial charge < -0.3 is 4.90 Å². The lowest BCUT2D eigenvalue weighted by Gasteiger charge is -2.23. The molecule has 1 N–H and O–H groups in total. The van der Waals surface area contributed by atoms with Crippen LogP contribution < -0.4 is 4.90 Å². The van der Waals surface area contributed by atoms with E-state index < -0.39 is 0 Å². The third kappa shape index (κ3) is 4.71. The number of hydrogen-bond acceptors (Lipinski definition) is 4. The molecule has 0 unspecified atom stereocenters. The van der Waals surface area contributed by atoms with Gasteiger partial charge in [-0.05, 0) is 42.8 Å². The van der Waals surface area contributed by atoms with Gasteiger partial charge in [0.2, 0.25) is 4.77 Å². The summed E-state index contributed by atoms with van der Waals surface area (Å²) in [5.41, 5.74) is 3.24. The Hall–Kier alpha value is -2.73. The van der Waals surface area contributed by atoms with E-state index in [2.05, 4.69) is 58.3 Å². The highest BCUT2D eigenvalue weighted by atomic mass is 32.1. The summed E-state index contributed by atoms with van der Waals surface area (Å²) in [7, 11) is 0. The van der Waals surface area contributed by atoms with Crippen molar-refractivity contribution in [1.82, 2.24) is 14.9 Å². The lowest BCUT2D eigenvalue weighted by Crippen LogP contribution is -2.24. The SMILES string of the molecule is CCCN(CCC)c1ccc(/C=N\n2c(-c3ccccc3)n[nH]c2=S)cc1. The van der Waals surface area contributed by atoms with Crippen molar-refractivity contribution < 1.29 is 0 Å². The van der Waals surface area contributed by atoms with Gasteiger partial charge in [0.15, 0.2) is 5.82 Å². The highest BCUT2D eigenvalue weighted by Crippen LogP contribution is 2.18. The predicted octanol–water partition coefficient (Wildman–Crippen LogP) is 5.12. The molecular weight excluding hydrogens is 354 g/mol. The molecule has 1 aromatic heterocycles. The summed E-state index contributed by atoms with van der Waals surface area (Å²) < 4.78 is 2.12. The number of H-pyrrole nitrogens is 1. The van der Waals surface area contributed by atoms with Crippen LogP contribution in [-0.4, -0.2) is 34.2 Å². The Balaban J connectivity index is 1.81. The van der Waals surface area contributed by atoms with Gasteiger partial charge >= 0.3 is 0 Å². The van der Waals surface area contributed by atoms with Gasteiger partial charge in [-0.25, -0.2) is 5.10 Å². The molecule has 3 rings (SSSR count). The maximum Gasteiger partial charge on any atom is 0.216 e. The van der Waals surface area contributed by atoms with Crippen LogP contribution in [-0.2, 0) is 0 Å². The van der Waals surface area contributed by atoms with Crippen molar-refractivity contribution in [1.29, 1.82) is 0 Å². The molecule has 27 heavy (non-hydrogen) atoms. The van der Waals surface area contributed by atoms with E-state index in [0.29, 0.717) is 10.6 Å². The summed E-state index contributed by atoms with van der Waals surface area (Å²) in [6.07, 6.45) is 4.10. The van der Waals surface area contributed by atoms with Crippen LogP contribution in [0, 0.1) is 4.77 Å². The number of hydrogen-bond donors (Lipinski definition) is 1. The number of aromatic amines is 1. The van der Waals surface area contributed by atoms with Crippen LogP contribution in [0.25, 0.3) is 11.4 Å². The van der Waals surface area contributed by atoms with Crippen LogP contribution in [0.3, 0.4) is 0 Å². The predicted molar refractivity (Wildman–Crippen MR) is 115 cm³/mol. The first-order valence-electron chi connectivity index (χ1n) is 9.35. The largest absolute Gasteiger partial charge is 0.372 e. The molecule has 3 aromatic rings. The molecule has 0 amide bonds. The van der Waals surface area contributed by atoms with Gasteiger partial charge in [0.25, 0.3) is 0 Å². The quantitative estimate of drug-likeness (QED) is 0.437. The monoisotopic (exact) mass is 379 g/mol. The molecule has 5 nitrogen and oxygen atoms in total.